The maximum Gasteiger partial charge on any atom is 0.416 e. The maximum atomic E-state index is 13.2. The van der Waals surface area contributed by atoms with Gasteiger partial charge in [-0.25, -0.2) is 4.68 Å². The summed E-state index contributed by atoms with van der Waals surface area (Å²) >= 11 is 0. The molecular formula is C24H23F3N4O2. The molecule has 9 heteroatoms. The molecule has 0 saturated carbocycles. The maximum absolute atomic E-state index is 13.2. The number of carbonyl (C=O) groups excluding carboxylic acids is 2. The Morgan fingerprint density at radius 2 is 1.55 bits per heavy atom. The number of rotatable bonds is 4. The Morgan fingerprint density at radius 3 is 2.15 bits per heavy atom. The largest absolute Gasteiger partial charge is 0.416 e. The summed E-state index contributed by atoms with van der Waals surface area (Å²) in [5, 5.41) is 4.40. The van der Waals surface area contributed by atoms with Gasteiger partial charge in [0.25, 0.3) is 11.8 Å². The zero-order valence-electron chi connectivity index (χ0n) is 18.0. The minimum atomic E-state index is -4.51. The van der Waals surface area contributed by atoms with Crippen molar-refractivity contribution in [2.24, 2.45) is 0 Å². The number of piperazine rings is 1. The van der Waals surface area contributed by atoms with E-state index in [2.05, 4.69) is 5.10 Å². The monoisotopic (exact) mass is 456 g/mol. The lowest BCUT2D eigenvalue weighted by Crippen LogP contribution is -2.50. The minimum absolute atomic E-state index is 0.0120. The fraction of sp³-hybridized carbons (Fsp3) is 0.292. The van der Waals surface area contributed by atoms with Gasteiger partial charge in [-0.15, -0.1) is 0 Å². The second-order valence-corrected chi connectivity index (χ2v) is 7.77. The van der Waals surface area contributed by atoms with Gasteiger partial charge in [0, 0.05) is 31.7 Å². The molecule has 4 rings (SSSR count). The number of amides is 2. The summed E-state index contributed by atoms with van der Waals surface area (Å²) in [6.45, 7) is 3.04. The summed E-state index contributed by atoms with van der Waals surface area (Å²) in [5.41, 5.74) is 1.31. The fourth-order valence-corrected chi connectivity index (χ4v) is 3.98. The average Bonchev–Trinajstić information content (AvgIpc) is 3.27. The topological polar surface area (TPSA) is 58.4 Å². The van der Waals surface area contributed by atoms with Gasteiger partial charge >= 0.3 is 6.18 Å². The van der Waals surface area contributed by atoms with Crippen LogP contribution in [0.1, 0.15) is 38.9 Å². The van der Waals surface area contributed by atoms with E-state index in [0.717, 1.165) is 23.5 Å². The summed E-state index contributed by atoms with van der Waals surface area (Å²) in [6.07, 6.45) is -2.33. The summed E-state index contributed by atoms with van der Waals surface area (Å²) in [6, 6.07) is 14.0. The van der Waals surface area contributed by atoms with Crippen LogP contribution in [0.25, 0.3) is 5.69 Å². The first-order chi connectivity index (χ1) is 15.8. The second-order valence-electron chi connectivity index (χ2n) is 7.77. The summed E-state index contributed by atoms with van der Waals surface area (Å²) in [4.78, 5) is 29.0. The van der Waals surface area contributed by atoms with Crippen LogP contribution in [0.15, 0.2) is 60.8 Å². The smallest absolute Gasteiger partial charge is 0.335 e. The van der Waals surface area contributed by atoms with Gasteiger partial charge in [-0.05, 0) is 36.8 Å². The normalized spacial score (nSPS) is 14.4. The quantitative estimate of drug-likeness (QED) is 0.595. The van der Waals surface area contributed by atoms with Crippen LogP contribution >= 0.6 is 0 Å². The third-order valence-corrected chi connectivity index (χ3v) is 5.73. The Kier molecular flexibility index (Phi) is 6.22. The Bertz CT molecular complexity index is 1150. The zero-order chi connectivity index (χ0) is 23.6. The van der Waals surface area contributed by atoms with Gasteiger partial charge < -0.3 is 9.80 Å². The molecule has 1 saturated heterocycles. The molecule has 3 aromatic rings. The lowest BCUT2D eigenvalue weighted by Gasteiger charge is -2.35. The van der Waals surface area contributed by atoms with E-state index >= 15 is 0 Å². The van der Waals surface area contributed by atoms with Gasteiger partial charge in [-0.1, -0.05) is 31.2 Å². The Balaban J connectivity index is 1.45. The highest BCUT2D eigenvalue weighted by molar-refractivity contribution is 5.96. The number of aromatic nitrogens is 2. The number of halogens is 3. The van der Waals surface area contributed by atoms with Crippen LogP contribution in [0.5, 0.6) is 0 Å². The summed E-state index contributed by atoms with van der Waals surface area (Å²) in [7, 11) is 0. The molecule has 0 aliphatic carbocycles. The lowest BCUT2D eigenvalue weighted by molar-refractivity contribution is -0.137. The number of alkyl halides is 3. The van der Waals surface area contributed by atoms with Crippen molar-refractivity contribution in [2.75, 3.05) is 26.2 Å². The average molecular weight is 456 g/mol. The molecule has 1 aliphatic heterocycles. The van der Waals surface area contributed by atoms with Crippen molar-refractivity contribution in [3.8, 4) is 5.69 Å². The van der Waals surface area contributed by atoms with Gasteiger partial charge in [0.05, 0.1) is 28.7 Å². The van der Waals surface area contributed by atoms with Crippen LogP contribution in [-0.2, 0) is 12.6 Å². The van der Waals surface area contributed by atoms with E-state index in [1.807, 2.05) is 37.3 Å². The summed E-state index contributed by atoms with van der Waals surface area (Å²) < 4.78 is 40.7. The van der Waals surface area contributed by atoms with E-state index in [4.69, 9.17) is 0 Å². The Labute approximate surface area is 189 Å². The van der Waals surface area contributed by atoms with Gasteiger partial charge in [-0.3, -0.25) is 9.59 Å². The van der Waals surface area contributed by atoms with E-state index in [9.17, 15) is 22.8 Å². The SMILES string of the molecule is CCc1c(C(=O)N2CCN(C(=O)c3cccc(C(F)(F)F)c3)CC2)cnn1-c1ccccc1. The van der Waals surface area contributed by atoms with Crippen molar-refractivity contribution in [3.63, 3.8) is 0 Å². The molecule has 1 aliphatic rings. The molecule has 2 amide bonds. The molecular weight excluding hydrogens is 433 g/mol. The number of hydrogen-bond acceptors (Lipinski definition) is 3. The van der Waals surface area contributed by atoms with Gasteiger partial charge in [0.2, 0.25) is 0 Å². The van der Waals surface area contributed by atoms with E-state index in [1.54, 1.807) is 15.8 Å². The first-order valence-corrected chi connectivity index (χ1v) is 10.7. The third-order valence-electron chi connectivity index (χ3n) is 5.73. The molecule has 0 spiro atoms. The Hall–Kier alpha value is -3.62. The highest BCUT2D eigenvalue weighted by Gasteiger charge is 2.32. The van der Waals surface area contributed by atoms with Crippen LogP contribution in [0.2, 0.25) is 0 Å². The number of hydrogen-bond donors (Lipinski definition) is 0. The molecule has 6 nitrogen and oxygen atoms in total. The predicted octanol–water partition coefficient (Wildman–Crippen LogP) is 4.05. The summed E-state index contributed by atoms with van der Waals surface area (Å²) in [5.74, 6) is -0.639. The number of benzene rings is 2. The molecule has 172 valence electrons. The highest BCUT2D eigenvalue weighted by atomic mass is 19.4. The van der Waals surface area contributed by atoms with Crippen molar-refractivity contribution < 1.29 is 22.8 Å². The molecule has 0 N–H and O–H groups in total. The molecule has 2 heterocycles. The van der Waals surface area contributed by atoms with Gasteiger partial charge in [-0.2, -0.15) is 18.3 Å². The molecule has 0 bridgehead atoms. The molecule has 1 fully saturated rings. The first kappa shape index (κ1) is 22.6. The predicted molar refractivity (Wildman–Crippen MR) is 116 cm³/mol. The fourth-order valence-electron chi connectivity index (χ4n) is 3.98. The zero-order valence-corrected chi connectivity index (χ0v) is 18.0. The molecule has 0 radical (unpaired) electrons. The highest BCUT2D eigenvalue weighted by Crippen LogP contribution is 2.30. The number of nitrogens with zero attached hydrogens (tertiary/aromatic N) is 4. The van der Waals surface area contributed by atoms with Crippen molar-refractivity contribution in [3.05, 3.63) is 83.2 Å². The van der Waals surface area contributed by atoms with Crippen LogP contribution in [0.4, 0.5) is 13.2 Å². The van der Waals surface area contributed by atoms with Gasteiger partial charge in [0.15, 0.2) is 0 Å². The second kappa shape index (κ2) is 9.09. The Morgan fingerprint density at radius 1 is 0.909 bits per heavy atom. The minimum Gasteiger partial charge on any atom is -0.335 e. The van der Waals surface area contributed by atoms with Crippen LogP contribution < -0.4 is 0 Å². The molecule has 2 aromatic carbocycles. The van der Waals surface area contributed by atoms with E-state index in [-0.39, 0.29) is 24.6 Å². The van der Waals surface area contributed by atoms with Crippen LogP contribution in [0.3, 0.4) is 0 Å². The standard InChI is InChI=1S/C24H23F3N4O2/c1-2-21-20(16-28-31(21)19-9-4-3-5-10-19)23(33)30-13-11-29(12-14-30)22(32)17-7-6-8-18(15-17)24(25,26)27/h3-10,15-16H,2,11-14H2,1H3. The number of para-hydroxylation sites is 1. The van der Waals surface area contributed by atoms with Gasteiger partial charge in [0.1, 0.15) is 0 Å². The van der Waals surface area contributed by atoms with Crippen molar-refractivity contribution in [2.45, 2.75) is 19.5 Å². The molecule has 0 atom stereocenters. The molecule has 0 unspecified atom stereocenters. The van der Waals surface area contributed by atoms with Crippen molar-refractivity contribution >= 4 is 11.8 Å². The van der Waals surface area contributed by atoms with Crippen molar-refractivity contribution in [1.82, 2.24) is 19.6 Å². The third kappa shape index (κ3) is 4.62. The van der Waals surface area contributed by atoms with E-state index in [1.165, 1.54) is 17.0 Å². The first-order valence-electron chi connectivity index (χ1n) is 10.7. The van der Waals surface area contributed by atoms with E-state index in [0.29, 0.717) is 25.1 Å². The number of carbonyl (C=O) groups is 2. The molecule has 33 heavy (non-hydrogen) atoms. The van der Waals surface area contributed by atoms with Crippen LogP contribution in [0, 0.1) is 0 Å². The molecule has 1 aromatic heterocycles. The van der Waals surface area contributed by atoms with Crippen molar-refractivity contribution in [1.29, 1.82) is 0 Å². The van der Waals surface area contributed by atoms with Crippen LogP contribution in [-0.4, -0.2) is 57.6 Å². The lowest BCUT2D eigenvalue weighted by atomic mass is 10.1. The van der Waals surface area contributed by atoms with E-state index < -0.39 is 17.6 Å².